The summed E-state index contributed by atoms with van der Waals surface area (Å²) in [6.07, 6.45) is 8.03. The molecule has 2 heterocycles. The standard InChI is InChI=1S/C22H19F2N3O3S2/c1-2-10-27-20-18(24)13-16(23)14-19(20)31-22(27)25-21(28)15-6-8-17(9-7-15)32(29,30)26-11-4-3-5-12-26/h1,6-9,13-14H,3-5,10-12H2. The van der Waals surface area contributed by atoms with Crippen molar-refractivity contribution in [1.82, 2.24) is 8.87 Å². The van der Waals surface area contributed by atoms with E-state index in [-0.39, 0.29) is 32.0 Å². The predicted molar refractivity (Wildman–Crippen MR) is 118 cm³/mol. The number of halogens is 2. The summed E-state index contributed by atoms with van der Waals surface area (Å²) in [7, 11) is -3.61. The summed E-state index contributed by atoms with van der Waals surface area (Å²) in [4.78, 5) is 17.0. The normalized spacial score (nSPS) is 15.7. The molecule has 166 valence electrons. The van der Waals surface area contributed by atoms with Crippen LogP contribution in [0.5, 0.6) is 0 Å². The van der Waals surface area contributed by atoms with E-state index in [0.717, 1.165) is 42.7 Å². The SMILES string of the molecule is C#CCn1c(=NC(=O)c2ccc(S(=O)(=O)N3CCCCC3)cc2)sc2cc(F)cc(F)c21. The molecule has 0 N–H and O–H groups in total. The number of amides is 1. The molecule has 0 unspecified atom stereocenters. The molecule has 32 heavy (non-hydrogen) atoms. The van der Waals surface area contributed by atoms with Crippen LogP contribution >= 0.6 is 11.3 Å². The number of benzene rings is 2. The lowest BCUT2D eigenvalue weighted by Crippen LogP contribution is -2.35. The fourth-order valence-electron chi connectivity index (χ4n) is 3.63. The van der Waals surface area contributed by atoms with E-state index in [0.29, 0.717) is 13.1 Å². The van der Waals surface area contributed by atoms with E-state index in [1.54, 1.807) is 0 Å². The van der Waals surface area contributed by atoms with Crippen molar-refractivity contribution in [3.8, 4) is 12.3 Å². The Bertz CT molecular complexity index is 1400. The summed E-state index contributed by atoms with van der Waals surface area (Å²) in [5.74, 6) is 0.190. The van der Waals surface area contributed by atoms with Crippen LogP contribution in [0.4, 0.5) is 8.78 Å². The molecular formula is C22H19F2N3O3S2. The number of hydrogen-bond acceptors (Lipinski definition) is 4. The van der Waals surface area contributed by atoms with Gasteiger partial charge in [-0.05, 0) is 43.2 Å². The lowest BCUT2D eigenvalue weighted by molar-refractivity contribution is 0.0997. The van der Waals surface area contributed by atoms with Crippen molar-refractivity contribution in [1.29, 1.82) is 0 Å². The monoisotopic (exact) mass is 475 g/mol. The quantitative estimate of drug-likeness (QED) is 0.542. The van der Waals surface area contributed by atoms with Gasteiger partial charge in [-0.15, -0.1) is 6.42 Å². The van der Waals surface area contributed by atoms with Gasteiger partial charge in [-0.25, -0.2) is 17.2 Å². The number of piperidine rings is 1. The van der Waals surface area contributed by atoms with E-state index in [1.807, 2.05) is 0 Å². The van der Waals surface area contributed by atoms with Gasteiger partial charge in [0.2, 0.25) is 10.0 Å². The minimum absolute atomic E-state index is 0.0539. The number of carbonyl (C=O) groups excluding carboxylic acids is 1. The summed E-state index contributed by atoms with van der Waals surface area (Å²) >= 11 is 0.939. The number of rotatable bonds is 4. The van der Waals surface area contributed by atoms with Crippen LogP contribution in [0, 0.1) is 24.0 Å². The van der Waals surface area contributed by atoms with Gasteiger partial charge in [0.25, 0.3) is 5.91 Å². The van der Waals surface area contributed by atoms with Crippen LogP contribution in [-0.4, -0.2) is 36.3 Å². The van der Waals surface area contributed by atoms with Crippen LogP contribution < -0.4 is 4.80 Å². The van der Waals surface area contributed by atoms with Gasteiger partial charge in [0.05, 0.1) is 21.7 Å². The van der Waals surface area contributed by atoms with E-state index in [4.69, 9.17) is 6.42 Å². The molecule has 1 saturated heterocycles. The smallest absolute Gasteiger partial charge is 0.279 e. The van der Waals surface area contributed by atoms with Crippen LogP contribution in [0.1, 0.15) is 29.6 Å². The summed E-state index contributed by atoms with van der Waals surface area (Å²) in [6, 6.07) is 7.43. The average Bonchev–Trinajstić information content (AvgIpc) is 3.11. The minimum Gasteiger partial charge on any atom is -0.302 e. The molecule has 0 atom stereocenters. The first-order valence-corrected chi connectivity index (χ1v) is 12.2. The molecule has 0 spiro atoms. The van der Waals surface area contributed by atoms with Gasteiger partial charge in [0, 0.05) is 24.7 Å². The Hall–Kier alpha value is -2.87. The van der Waals surface area contributed by atoms with Crippen molar-refractivity contribution in [3.63, 3.8) is 0 Å². The van der Waals surface area contributed by atoms with E-state index in [9.17, 15) is 22.0 Å². The number of aromatic nitrogens is 1. The zero-order chi connectivity index (χ0) is 22.9. The highest BCUT2D eigenvalue weighted by Gasteiger charge is 2.26. The summed E-state index contributed by atoms with van der Waals surface area (Å²) in [6.45, 7) is 0.912. The fraction of sp³-hybridized carbons (Fsp3) is 0.273. The van der Waals surface area contributed by atoms with Crippen LogP contribution in [0.3, 0.4) is 0 Å². The number of hydrogen-bond donors (Lipinski definition) is 0. The van der Waals surface area contributed by atoms with E-state index in [2.05, 4.69) is 10.9 Å². The maximum atomic E-state index is 14.3. The second-order valence-corrected chi connectivity index (χ2v) is 10.3. The number of thiazole rings is 1. The number of nitrogens with zero attached hydrogens (tertiary/aromatic N) is 3. The van der Waals surface area contributed by atoms with Crippen molar-refractivity contribution in [3.05, 3.63) is 58.4 Å². The zero-order valence-corrected chi connectivity index (χ0v) is 18.6. The van der Waals surface area contributed by atoms with Gasteiger partial charge in [-0.3, -0.25) is 4.79 Å². The van der Waals surface area contributed by atoms with Crippen LogP contribution in [0.15, 0.2) is 46.3 Å². The van der Waals surface area contributed by atoms with Crippen molar-refractivity contribution in [2.45, 2.75) is 30.7 Å². The number of fused-ring (bicyclic) bond motifs is 1. The summed E-state index contributed by atoms with van der Waals surface area (Å²) < 4.78 is 56.5. The molecule has 1 fully saturated rings. The molecule has 1 aliphatic rings. The number of terminal acetylenes is 1. The molecule has 3 aromatic rings. The summed E-state index contributed by atoms with van der Waals surface area (Å²) in [5, 5.41) is 0. The first kappa shape index (κ1) is 22.3. The average molecular weight is 476 g/mol. The molecule has 4 rings (SSSR count). The van der Waals surface area contributed by atoms with E-state index in [1.165, 1.54) is 33.1 Å². The van der Waals surface area contributed by atoms with Crippen molar-refractivity contribution in [2.75, 3.05) is 13.1 Å². The maximum absolute atomic E-state index is 14.3. The predicted octanol–water partition coefficient (Wildman–Crippen LogP) is 3.53. The molecule has 1 aliphatic heterocycles. The lowest BCUT2D eigenvalue weighted by atomic mass is 10.2. The van der Waals surface area contributed by atoms with Crippen molar-refractivity contribution in [2.24, 2.45) is 4.99 Å². The lowest BCUT2D eigenvalue weighted by Gasteiger charge is -2.25. The van der Waals surface area contributed by atoms with Crippen molar-refractivity contribution >= 4 is 37.5 Å². The second-order valence-electron chi connectivity index (χ2n) is 7.32. The molecule has 2 aromatic carbocycles. The Labute approximate surface area is 187 Å². The highest BCUT2D eigenvalue weighted by molar-refractivity contribution is 7.89. The van der Waals surface area contributed by atoms with Crippen molar-refractivity contribution < 1.29 is 22.0 Å². The molecule has 0 saturated carbocycles. The van der Waals surface area contributed by atoms with Gasteiger partial charge >= 0.3 is 0 Å². The molecule has 0 radical (unpaired) electrons. The van der Waals surface area contributed by atoms with Gasteiger partial charge in [-0.1, -0.05) is 23.7 Å². The Morgan fingerprint density at radius 3 is 2.47 bits per heavy atom. The molecule has 0 aliphatic carbocycles. The third-order valence-corrected chi connectivity index (χ3v) is 8.13. The highest BCUT2D eigenvalue weighted by Crippen LogP contribution is 2.23. The molecule has 1 amide bonds. The van der Waals surface area contributed by atoms with Gasteiger partial charge < -0.3 is 4.57 Å². The van der Waals surface area contributed by atoms with E-state index < -0.39 is 27.6 Å². The summed E-state index contributed by atoms with van der Waals surface area (Å²) in [5.41, 5.74) is 0.239. The Morgan fingerprint density at radius 2 is 1.81 bits per heavy atom. The molecule has 0 bridgehead atoms. The first-order valence-electron chi connectivity index (χ1n) is 9.92. The van der Waals surface area contributed by atoms with Crippen LogP contribution in [0.2, 0.25) is 0 Å². The zero-order valence-electron chi connectivity index (χ0n) is 16.9. The largest absolute Gasteiger partial charge is 0.302 e. The third-order valence-electron chi connectivity index (χ3n) is 5.20. The Balaban J connectivity index is 1.68. The number of carbonyl (C=O) groups is 1. The Morgan fingerprint density at radius 1 is 1.12 bits per heavy atom. The third kappa shape index (κ3) is 4.24. The molecular weight excluding hydrogens is 456 g/mol. The van der Waals surface area contributed by atoms with Gasteiger partial charge in [0.1, 0.15) is 5.82 Å². The maximum Gasteiger partial charge on any atom is 0.279 e. The first-order chi connectivity index (χ1) is 15.3. The van der Waals surface area contributed by atoms with Gasteiger partial charge in [-0.2, -0.15) is 9.30 Å². The molecule has 1 aromatic heterocycles. The van der Waals surface area contributed by atoms with E-state index >= 15 is 0 Å². The van der Waals surface area contributed by atoms with Gasteiger partial charge in [0.15, 0.2) is 10.6 Å². The molecule has 6 nitrogen and oxygen atoms in total. The Kier molecular flexibility index (Phi) is 6.24. The fourth-order valence-corrected chi connectivity index (χ4v) is 6.21. The minimum atomic E-state index is -3.61. The topological polar surface area (TPSA) is 71.7 Å². The second kappa shape index (κ2) is 8.94. The van der Waals surface area contributed by atoms with Crippen LogP contribution in [-0.2, 0) is 16.6 Å². The highest BCUT2D eigenvalue weighted by atomic mass is 32.2. The molecule has 10 heteroatoms. The number of sulfonamides is 1. The van der Waals surface area contributed by atoms with Crippen LogP contribution in [0.25, 0.3) is 10.2 Å².